The summed E-state index contributed by atoms with van der Waals surface area (Å²) < 4.78 is 5.33. The fourth-order valence-corrected chi connectivity index (χ4v) is 2.34. The summed E-state index contributed by atoms with van der Waals surface area (Å²) in [5, 5.41) is 12.1. The monoisotopic (exact) mass is 242 g/mol. The van der Waals surface area contributed by atoms with Crippen LogP contribution in [0.3, 0.4) is 0 Å². The summed E-state index contributed by atoms with van der Waals surface area (Å²) in [4.78, 5) is 14.3. The van der Waals surface area contributed by atoms with E-state index in [4.69, 9.17) is 9.84 Å². The Morgan fingerprint density at radius 3 is 2.82 bits per heavy atom. The fourth-order valence-electron chi connectivity index (χ4n) is 2.34. The molecule has 17 heavy (non-hydrogen) atoms. The van der Waals surface area contributed by atoms with Gasteiger partial charge in [-0.15, -0.1) is 0 Å². The van der Waals surface area contributed by atoms with Gasteiger partial charge in [-0.25, -0.2) is 0 Å². The molecule has 1 aliphatic heterocycles. The van der Waals surface area contributed by atoms with Crippen molar-refractivity contribution in [1.82, 2.24) is 10.2 Å². The van der Waals surface area contributed by atoms with Gasteiger partial charge in [0.2, 0.25) is 5.91 Å². The lowest BCUT2D eigenvalue weighted by Crippen LogP contribution is -2.56. The minimum Gasteiger partial charge on any atom is -0.396 e. The highest BCUT2D eigenvalue weighted by atomic mass is 16.5. The third-order valence-electron chi connectivity index (χ3n) is 3.58. The van der Waals surface area contributed by atoms with Crippen molar-refractivity contribution in [3.63, 3.8) is 0 Å². The average molecular weight is 242 g/mol. The van der Waals surface area contributed by atoms with Crippen molar-refractivity contribution in [2.45, 2.75) is 37.8 Å². The molecule has 2 aliphatic rings. The lowest BCUT2D eigenvalue weighted by atomic mass is 9.90. The number of hydrogen-bond acceptors (Lipinski definition) is 4. The molecule has 2 fully saturated rings. The summed E-state index contributed by atoms with van der Waals surface area (Å²) in [6, 6.07) is 0.195. The molecule has 0 radical (unpaired) electrons. The second-order valence-corrected chi connectivity index (χ2v) is 4.78. The minimum absolute atomic E-state index is 0.142. The molecular weight excluding hydrogens is 220 g/mol. The van der Waals surface area contributed by atoms with Gasteiger partial charge in [0.25, 0.3) is 0 Å². The van der Waals surface area contributed by atoms with E-state index in [1.54, 1.807) is 0 Å². The van der Waals surface area contributed by atoms with Crippen LogP contribution in [0.4, 0.5) is 0 Å². The Hall–Kier alpha value is -0.650. The van der Waals surface area contributed by atoms with Gasteiger partial charge in [-0.1, -0.05) is 0 Å². The van der Waals surface area contributed by atoms with Crippen molar-refractivity contribution in [2.24, 2.45) is 0 Å². The standard InChI is InChI=1S/C12H22N2O3/c15-7-2-6-14(10-3-1-4-10)12(16)11-9-17-8-5-13-11/h10-11,13,15H,1-9H2. The Kier molecular flexibility index (Phi) is 4.76. The van der Waals surface area contributed by atoms with Crippen molar-refractivity contribution in [2.75, 3.05) is 32.9 Å². The van der Waals surface area contributed by atoms with Gasteiger partial charge < -0.3 is 20.1 Å². The Morgan fingerprint density at radius 1 is 1.47 bits per heavy atom. The quantitative estimate of drug-likeness (QED) is 0.697. The number of nitrogens with zero attached hydrogens (tertiary/aromatic N) is 1. The van der Waals surface area contributed by atoms with Crippen molar-refractivity contribution >= 4 is 5.91 Å². The van der Waals surface area contributed by atoms with E-state index in [0.717, 1.165) is 19.4 Å². The first kappa shape index (κ1) is 12.8. The van der Waals surface area contributed by atoms with E-state index >= 15 is 0 Å². The molecule has 1 saturated heterocycles. The molecule has 5 heteroatoms. The second-order valence-electron chi connectivity index (χ2n) is 4.78. The molecule has 1 unspecified atom stereocenters. The topological polar surface area (TPSA) is 61.8 Å². The van der Waals surface area contributed by atoms with E-state index in [0.29, 0.717) is 32.2 Å². The Bertz CT molecular complexity index is 250. The van der Waals surface area contributed by atoms with Crippen LogP contribution in [0.5, 0.6) is 0 Å². The van der Waals surface area contributed by atoms with Gasteiger partial charge in [0, 0.05) is 25.7 Å². The van der Waals surface area contributed by atoms with Crippen LogP contribution in [0, 0.1) is 0 Å². The summed E-state index contributed by atoms with van der Waals surface area (Å²) in [5.74, 6) is 0.142. The normalized spacial score (nSPS) is 25.4. The minimum atomic E-state index is -0.192. The molecule has 0 aromatic carbocycles. The van der Waals surface area contributed by atoms with Crippen molar-refractivity contribution in [3.8, 4) is 0 Å². The lowest BCUT2D eigenvalue weighted by molar-refractivity contribution is -0.140. The molecule has 1 heterocycles. The molecule has 0 bridgehead atoms. The molecule has 0 aromatic rings. The smallest absolute Gasteiger partial charge is 0.242 e. The van der Waals surface area contributed by atoms with Crippen LogP contribution < -0.4 is 5.32 Å². The molecule has 0 aromatic heterocycles. The predicted octanol–water partition coefficient (Wildman–Crippen LogP) is -0.262. The molecule has 1 saturated carbocycles. The molecule has 1 aliphatic carbocycles. The third kappa shape index (κ3) is 3.18. The number of hydrogen-bond donors (Lipinski definition) is 2. The van der Waals surface area contributed by atoms with Gasteiger partial charge >= 0.3 is 0 Å². The van der Waals surface area contributed by atoms with Gasteiger partial charge in [0.15, 0.2) is 0 Å². The highest BCUT2D eigenvalue weighted by Gasteiger charge is 2.33. The van der Waals surface area contributed by atoms with Crippen molar-refractivity contribution in [1.29, 1.82) is 0 Å². The van der Waals surface area contributed by atoms with E-state index < -0.39 is 0 Å². The maximum Gasteiger partial charge on any atom is 0.242 e. The molecule has 0 spiro atoms. The fraction of sp³-hybridized carbons (Fsp3) is 0.917. The van der Waals surface area contributed by atoms with Gasteiger partial charge in [-0.05, 0) is 25.7 Å². The largest absolute Gasteiger partial charge is 0.396 e. The zero-order chi connectivity index (χ0) is 12.1. The van der Waals surface area contributed by atoms with Crippen LogP contribution >= 0.6 is 0 Å². The maximum absolute atomic E-state index is 12.3. The molecule has 1 amide bonds. The molecule has 1 atom stereocenters. The molecule has 5 nitrogen and oxygen atoms in total. The molecule has 2 rings (SSSR count). The number of carbonyl (C=O) groups is 1. The number of ether oxygens (including phenoxy) is 1. The number of nitrogens with one attached hydrogen (secondary N) is 1. The summed E-state index contributed by atoms with van der Waals surface area (Å²) in [6.45, 7) is 2.71. The lowest BCUT2D eigenvalue weighted by Gasteiger charge is -2.40. The number of rotatable bonds is 5. The van der Waals surface area contributed by atoms with Crippen LogP contribution in [0.1, 0.15) is 25.7 Å². The van der Waals surface area contributed by atoms with Crippen LogP contribution in [0.15, 0.2) is 0 Å². The van der Waals surface area contributed by atoms with Gasteiger partial charge in [-0.2, -0.15) is 0 Å². The number of amides is 1. The third-order valence-corrected chi connectivity index (χ3v) is 3.58. The first-order valence-electron chi connectivity index (χ1n) is 6.55. The van der Waals surface area contributed by atoms with Crippen molar-refractivity contribution < 1.29 is 14.6 Å². The van der Waals surface area contributed by atoms with Crippen LogP contribution in [0.2, 0.25) is 0 Å². The number of aliphatic hydroxyl groups is 1. The summed E-state index contributed by atoms with van der Waals surface area (Å²) in [6.07, 6.45) is 4.08. The van der Waals surface area contributed by atoms with Crippen LogP contribution in [-0.2, 0) is 9.53 Å². The summed E-state index contributed by atoms with van der Waals surface area (Å²) >= 11 is 0. The van der Waals surface area contributed by atoms with Gasteiger partial charge in [0.05, 0.1) is 13.2 Å². The molecular formula is C12H22N2O3. The zero-order valence-electron chi connectivity index (χ0n) is 10.2. The molecule has 2 N–H and O–H groups in total. The van der Waals surface area contributed by atoms with Gasteiger partial charge in [-0.3, -0.25) is 4.79 Å². The average Bonchev–Trinajstić information content (AvgIpc) is 2.32. The van der Waals surface area contributed by atoms with E-state index in [1.807, 2.05) is 4.90 Å². The van der Waals surface area contributed by atoms with E-state index in [1.165, 1.54) is 6.42 Å². The summed E-state index contributed by atoms with van der Waals surface area (Å²) in [5.41, 5.74) is 0. The first-order valence-corrected chi connectivity index (χ1v) is 6.55. The highest BCUT2D eigenvalue weighted by molar-refractivity contribution is 5.82. The zero-order valence-corrected chi connectivity index (χ0v) is 10.2. The Labute approximate surface area is 102 Å². The maximum atomic E-state index is 12.3. The number of morpholine rings is 1. The van der Waals surface area contributed by atoms with Gasteiger partial charge in [0.1, 0.15) is 6.04 Å². The van der Waals surface area contributed by atoms with Crippen molar-refractivity contribution in [3.05, 3.63) is 0 Å². The highest BCUT2D eigenvalue weighted by Crippen LogP contribution is 2.25. The van der Waals surface area contributed by atoms with Crippen LogP contribution in [-0.4, -0.2) is 60.9 Å². The molecule has 98 valence electrons. The number of aliphatic hydroxyl groups excluding tert-OH is 1. The van der Waals surface area contributed by atoms with Crippen LogP contribution in [0.25, 0.3) is 0 Å². The number of carbonyl (C=O) groups excluding carboxylic acids is 1. The Morgan fingerprint density at radius 2 is 2.29 bits per heavy atom. The van der Waals surface area contributed by atoms with E-state index in [-0.39, 0.29) is 18.6 Å². The SMILES string of the molecule is O=C(C1COCCN1)N(CCCO)C1CCC1. The predicted molar refractivity (Wildman–Crippen MR) is 63.7 cm³/mol. The van der Waals surface area contributed by atoms with E-state index in [2.05, 4.69) is 5.32 Å². The Balaban J connectivity index is 1.90. The first-order chi connectivity index (χ1) is 8.33. The summed E-state index contributed by atoms with van der Waals surface area (Å²) in [7, 11) is 0. The second kappa shape index (κ2) is 6.33. The van der Waals surface area contributed by atoms with E-state index in [9.17, 15) is 4.79 Å².